The number of aromatic nitrogens is 3. The van der Waals surface area contributed by atoms with Crippen LogP contribution in [0.2, 0.25) is 0 Å². The molecule has 5 rings (SSSR count). The molecule has 4 aromatic carbocycles. The topological polar surface area (TPSA) is 88.4 Å². The molecule has 0 aliphatic heterocycles. The SMILES string of the molecule is Cc1ccc(-c2nc(-c3ccc(C)c(C)c3)nc(-c3ccc(OCc4c(C)cc(C(C)(C)C)c(O)c4C)cc3O)n2)cc1C. The van der Waals surface area contributed by atoms with Crippen LogP contribution in [0.5, 0.6) is 17.2 Å². The summed E-state index contributed by atoms with van der Waals surface area (Å²) in [6.07, 6.45) is 0. The first-order valence-corrected chi connectivity index (χ1v) is 14.9. The van der Waals surface area contributed by atoms with E-state index in [1.54, 1.807) is 18.2 Å². The molecule has 1 heterocycles. The summed E-state index contributed by atoms with van der Waals surface area (Å²) in [5, 5.41) is 22.1. The van der Waals surface area contributed by atoms with E-state index in [1.807, 2.05) is 32.0 Å². The van der Waals surface area contributed by atoms with E-state index in [1.165, 1.54) is 11.1 Å². The zero-order valence-electron chi connectivity index (χ0n) is 27.1. The molecule has 5 aromatic rings. The van der Waals surface area contributed by atoms with Crippen molar-refractivity contribution in [3.05, 3.63) is 105 Å². The van der Waals surface area contributed by atoms with E-state index in [0.717, 1.165) is 44.5 Å². The van der Waals surface area contributed by atoms with Crippen molar-refractivity contribution >= 4 is 0 Å². The Kier molecular flexibility index (Phi) is 8.21. The number of aromatic hydroxyl groups is 2. The van der Waals surface area contributed by atoms with Crippen LogP contribution in [0.4, 0.5) is 0 Å². The number of rotatable bonds is 6. The van der Waals surface area contributed by atoms with Gasteiger partial charge in [0.15, 0.2) is 17.5 Å². The van der Waals surface area contributed by atoms with Gasteiger partial charge in [0.05, 0.1) is 5.56 Å². The van der Waals surface area contributed by atoms with E-state index in [4.69, 9.17) is 19.7 Å². The molecule has 0 aliphatic carbocycles. The maximum atomic E-state index is 11.2. The highest BCUT2D eigenvalue weighted by Crippen LogP contribution is 2.38. The Hall–Kier alpha value is -4.71. The van der Waals surface area contributed by atoms with Gasteiger partial charge < -0.3 is 14.9 Å². The van der Waals surface area contributed by atoms with E-state index in [2.05, 4.69) is 72.7 Å². The van der Waals surface area contributed by atoms with E-state index in [9.17, 15) is 10.2 Å². The molecule has 44 heavy (non-hydrogen) atoms. The number of hydrogen-bond donors (Lipinski definition) is 2. The average Bonchev–Trinajstić information content (AvgIpc) is 2.97. The fraction of sp³-hybridized carbons (Fsp3) is 0.289. The third-order valence-electron chi connectivity index (χ3n) is 8.47. The second-order valence-corrected chi connectivity index (χ2v) is 12.8. The number of benzene rings is 4. The highest BCUT2D eigenvalue weighted by Gasteiger charge is 2.22. The van der Waals surface area contributed by atoms with Gasteiger partial charge in [0, 0.05) is 17.2 Å². The van der Waals surface area contributed by atoms with Gasteiger partial charge in [-0.05, 0) is 116 Å². The van der Waals surface area contributed by atoms with Crippen molar-refractivity contribution in [1.29, 1.82) is 0 Å². The normalized spacial score (nSPS) is 11.6. The lowest BCUT2D eigenvalue weighted by Gasteiger charge is -2.24. The number of ether oxygens (including phenoxy) is 1. The molecule has 0 spiro atoms. The van der Waals surface area contributed by atoms with Crippen LogP contribution in [-0.4, -0.2) is 25.2 Å². The summed E-state index contributed by atoms with van der Waals surface area (Å²) in [5.74, 6) is 2.26. The third-order valence-corrected chi connectivity index (χ3v) is 8.47. The van der Waals surface area contributed by atoms with Gasteiger partial charge in [-0.15, -0.1) is 0 Å². The maximum absolute atomic E-state index is 11.2. The molecule has 0 bridgehead atoms. The first-order valence-electron chi connectivity index (χ1n) is 14.9. The Labute approximate surface area is 260 Å². The molecule has 1 aromatic heterocycles. The lowest BCUT2D eigenvalue weighted by Crippen LogP contribution is -2.14. The summed E-state index contributed by atoms with van der Waals surface area (Å²) in [7, 11) is 0. The molecule has 226 valence electrons. The summed E-state index contributed by atoms with van der Waals surface area (Å²) < 4.78 is 6.12. The molecule has 0 aliphatic rings. The minimum Gasteiger partial charge on any atom is -0.507 e. The van der Waals surface area contributed by atoms with Gasteiger partial charge in [-0.2, -0.15) is 0 Å². The smallest absolute Gasteiger partial charge is 0.167 e. The van der Waals surface area contributed by atoms with Gasteiger partial charge in [0.1, 0.15) is 23.9 Å². The average molecular weight is 588 g/mol. The Balaban J connectivity index is 1.51. The second kappa shape index (κ2) is 11.8. The van der Waals surface area contributed by atoms with Crippen LogP contribution in [0.15, 0.2) is 60.7 Å². The molecule has 6 nitrogen and oxygen atoms in total. The van der Waals surface area contributed by atoms with Crippen molar-refractivity contribution in [3.8, 4) is 51.4 Å². The molecule has 0 saturated carbocycles. The predicted octanol–water partition coefficient (Wildman–Crippen LogP) is 9.01. The lowest BCUT2D eigenvalue weighted by atomic mass is 9.83. The van der Waals surface area contributed by atoms with E-state index in [-0.39, 0.29) is 17.8 Å². The van der Waals surface area contributed by atoms with Gasteiger partial charge in [0.2, 0.25) is 0 Å². The quantitative estimate of drug-likeness (QED) is 0.206. The Morgan fingerprint density at radius 2 is 1.16 bits per heavy atom. The number of hydrogen-bond acceptors (Lipinski definition) is 6. The van der Waals surface area contributed by atoms with Crippen LogP contribution in [0.1, 0.15) is 65.3 Å². The van der Waals surface area contributed by atoms with Crippen LogP contribution >= 0.6 is 0 Å². The van der Waals surface area contributed by atoms with Gasteiger partial charge in [-0.1, -0.05) is 51.1 Å². The summed E-state index contributed by atoms with van der Waals surface area (Å²) in [6.45, 7) is 18.8. The van der Waals surface area contributed by atoms with Gasteiger partial charge in [-0.3, -0.25) is 0 Å². The van der Waals surface area contributed by atoms with Crippen molar-refractivity contribution in [3.63, 3.8) is 0 Å². The van der Waals surface area contributed by atoms with E-state index < -0.39 is 0 Å². The number of aryl methyl sites for hydroxylation is 5. The summed E-state index contributed by atoms with van der Waals surface area (Å²) in [6, 6.07) is 19.5. The molecular formula is C38H41N3O3. The number of phenolic OH excluding ortho intramolecular Hbond substituents is 2. The molecule has 0 atom stereocenters. The van der Waals surface area contributed by atoms with Crippen molar-refractivity contribution in [2.45, 2.75) is 74.3 Å². The summed E-state index contributed by atoms with van der Waals surface area (Å²) >= 11 is 0. The monoisotopic (exact) mass is 587 g/mol. The predicted molar refractivity (Wildman–Crippen MR) is 177 cm³/mol. The minimum atomic E-state index is -0.175. The van der Waals surface area contributed by atoms with Gasteiger partial charge in [0.25, 0.3) is 0 Å². The van der Waals surface area contributed by atoms with Crippen molar-refractivity contribution in [1.82, 2.24) is 15.0 Å². The fourth-order valence-corrected chi connectivity index (χ4v) is 5.27. The molecule has 0 saturated heterocycles. The molecule has 6 heteroatoms. The Bertz CT molecular complexity index is 1820. The van der Waals surface area contributed by atoms with Crippen LogP contribution in [-0.2, 0) is 12.0 Å². The molecule has 2 N–H and O–H groups in total. The second-order valence-electron chi connectivity index (χ2n) is 12.8. The molecule has 0 radical (unpaired) electrons. The standard InChI is InChI=1S/C38H41N3O3/c1-21-10-12-27(16-23(21)3)35-39-36(28-13-11-22(2)24(4)17-28)41-37(40-35)30-15-14-29(19-33(30)42)44-20-31-25(5)18-32(38(7,8)9)34(43)26(31)6/h10-19,42-43H,20H2,1-9H3. The van der Waals surface area contributed by atoms with E-state index >= 15 is 0 Å². The van der Waals surface area contributed by atoms with Crippen molar-refractivity contribution < 1.29 is 14.9 Å². The first-order chi connectivity index (χ1) is 20.7. The van der Waals surface area contributed by atoms with Crippen LogP contribution < -0.4 is 4.74 Å². The summed E-state index contributed by atoms with van der Waals surface area (Å²) in [4.78, 5) is 14.5. The molecule has 0 unspecified atom stereocenters. The minimum absolute atomic E-state index is 0.00476. The molecule has 0 amide bonds. The van der Waals surface area contributed by atoms with Crippen molar-refractivity contribution in [2.24, 2.45) is 0 Å². The number of phenols is 2. The van der Waals surface area contributed by atoms with Crippen LogP contribution in [0.3, 0.4) is 0 Å². The van der Waals surface area contributed by atoms with Crippen LogP contribution in [0, 0.1) is 41.5 Å². The number of nitrogens with zero attached hydrogens (tertiary/aromatic N) is 3. The first kappa shape index (κ1) is 30.7. The summed E-state index contributed by atoms with van der Waals surface area (Å²) in [5.41, 5.74) is 10.4. The Morgan fingerprint density at radius 1 is 0.614 bits per heavy atom. The maximum Gasteiger partial charge on any atom is 0.167 e. The van der Waals surface area contributed by atoms with E-state index in [0.29, 0.717) is 34.5 Å². The molecule has 0 fully saturated rings. The van der Waals surface area contributed by atoms with Gasteiger partial charge in [-0.25, -0.2) is 15.0 Å². The van der Waals surface area contributed by atoms with Crippen molar-refractivity contribution in [2.75, 3.05) is 0 Å². The zero-order valence-corrected chi connectivity index (χ0v) is 27.1. The van der Waals surface area contributed by atoms with Crippen LogP contribution in [0.25, 0.3) is 34.2 Å². The largest absolute Gasteiger partial charge is 0.507 e. The highest BCUT2D eigenvalue weighted by molar-refractivity contribution is 5.71. The van der Waals surface area contributed by atoms with Gasteiger partial charge >= 0.3 is 0 Å². The fourth-order valence-electron chi connectivity index (χ4n) is 5.27. The lowest BCUT2D eigenvalue weighted by molar-refractivity contribution is 0.301. The highest BCUT2D eigenvalue weighted by atomic mass is 16.5. The third kappa shape index (κ3) is 6.16. The molecular weight excluding hydrogens is 546 g/mol. The Morgan fingerprint density at radius 3 is 1.66 bits per heavy atom. The zero-order chi connectivity index (χ0) is 31.9.